The summed E-state index contributed by atoms with van der Waals surface area (Å²) in [6.07, 6.45) is 0. The summed E-state index contributed by atoms with van der Waals surface area (Å²) in [6, 6.07) is 5.37. The molecular formula is C8H9N3O. The molecule has 0 spiro atoms. The van der Waals surface area contributed by atoms with Gasteiger partial charge in [-0.2, -0.15) is 0 Å². The molecule has 4 nitrogen and oxygen atoms in total. The van der Waals surface area contributed by atoms with E-state index < -0.39 is 0 Å². The highest BCUT2D eigenvalue weighted by Gasteiger charge is 2.05. The Morgan fingerprint density at radius 3 is 3.00 bits per heavy atom. The Kier molecular flexibility index (Phi) is 1.48. The fourth-order valence-corrected chi connectivity index (χ4v) is 1.15. The standard InChI is InChI=1S/C8H9N3O/c9-4-7-6-3-5(10)1-2-8(6)12-11-7/h1-3H,4,9-10H2. The Hall–Kier alpha value is -1.55. The minimum Gasteiger partial charge on any atom is -0.399 e. The van der Waals surface area contributed by atoms with Crippen LogP contribution in [-0.2, 0) is 6.54 Å². The first-order chi connectivity index (χ1) is 5.81. The van der Waals surface area contributed by atoms with Gasteiger partial charge >= 0.3 is 0 Å². The molecule has 0 radical (unpaired) electrons. The largest absolute Gasteiger partial charge is 0.399 e. The van der Waals surface area contributed by atoms with Crippen LogP contribution < -0.4 is 11.5 Å². The minimum atomic E-state index is 0.371. The number of benzene rings is 1. The lowest BCUT2D eigenvalue weighted by Crippen LogP contribution is -1.96. The summed E-state index contributed by atoms with van der Waals surface area (Å²) in [7, 11) is 0. The van der Waals surface area contributed by atoms with Crippen LogP contribution in [-0.4, -0.2) is 5.16 Å². The number of rotatable bonds is 1. The first-order valence-electron chi connectivity index (χ1n) is 3.65. The molecule has 1 aromatic heterocycles. The van der Waals surface area contributed by atoms with Crippen LogP contribution in [0.3, 0.4) is 0 Å². The van der Waals surface area contributed by atoms with Crippen molar-refractivity contribution in [1.82, 2.24) is 5.16 Å². The molecule has 0 saturated carbocycles. The van der Waals surface area contributed by atoms with E-state index in [1.807, 2.05) is 6.07 Å². The van der Waals surface area contributed by atoms with Crippen LogP contribution in [0, 0.1) is 0 Å². The van der Waals surface area contributed by atoms with Crippen molar-refractivity contribution in [2.45, 2.75) is 6.54 Å². The van der Waals surface area contributed by atoms with Crippen molar-refractivity contribution in [3.63, 3.8) is 0 Å². The molecule has 12 heavy (non-hydrogen) atoms. The molecule has 4 heteroatoms. The highest BCUT2D eigenvalue weighted by Crippen LogP contribution is 2.20. The van der Waals surface area contributed by atoms with E-state index in [4.69, 9.17) is 16.0 Å². The van der Waals surface area contributed by atoms with Gasteiger partial charge in [-0.25, -0.2) is 0 Å². The van der Waals surface area contributed by atoms with E-state index in [9.17, 15) is 0 Å². The van der Waals surface area contributed by atoms with Gasteiger partial charge in [0.15, 0.2) is 5.58 Å². The SMILES string of the molecule is NCc1noc2ccc(N)cc12. The molecular weight excluding hydrogens is 154 g/mol. The van der Waals surface area contributed by atoms with E-state index in [0.717, 1.165) is 16.7 Å². The molecule has 0 atom stereocenters. The highest BCUT2D eigenvalue weighted by atomic mass is 16.5. The zero-order valence-electron chi connectivity index (χ0n) is 6.45. The predicted octanol–water partition coefficient (Wildman–Crippen LogP) is 0.869. The molecule has 62 valence electrons. The third kappa shape index (κ3) is 0.931. The Balaban J connectivity index is 2.75. The van der Waals surface area contributed by atoms with Crippen molar-refractivity contribution in [2.75, 3.05) is 5.73 Å². The number of fused-ring (bicyclic) bond motifs is 1. The molecule has 0 saturated heterocycles. The first-order valence-corrected chi connectivity index (χ1v) is 3.65. The van der Waals surface area contributed by atoms with E-state index in [1.165, 1.54) is 0 Å². The minimum absolute atomic E-state index is 0.371. The molecule has 0 unspecified atom stereocenters. The van der Waals surface area contributed by atoms with Crippen LogP contribution in [0.15, 0.2) is 22.7 Å². The maximum absolute atomic E-state index is 5.60. The highest BCUT2D eigenvalue weighted by molar-refractivity contribution is 5.82. The number of aromatic nitrogens is 1. The van der Waals surface area contributed by atoms with Crippen molar-refractivity contribution in [3.8, 4) is 0 Å². The van der Waals surface area contributed by atoms with E-state index in [2.05, 4.69) is 5.16 Å². The number of hydrogen-bond acceptors (Lipinski definition) is 4. The summed E-state index contributed by atoms with van der Waals surface area (Å²) in [5.41, 5.74) is 13.2. The third-order valence-corrected chi connectivity index (χ3v) is 1.76. The topological polar surface area (TPSA) is 78.1 Å². The summed E-state index contributed by atoms with van der Waals surface area (Å²) >= 11 is 0. The Morgan fingerprint density at radius 1 is 1.42 bits per heavy atom. The van der Waals surface area contributed by atoms with Crippen molar-refractivity contribution >= 4 is 16.7 Å². The average Bonchev–Trinajstić information content (AvgIpc) is 2.46. The Labute approximate surface area is 69.1 Å². The van der Waals surface area contributed by atoms with Gasteiger partial charge in [0, 0.05) is 17.6 Å². The van der Waals surface area contributed by atoms with Crippen molar-refractivity contribution in [3.05, 3.63) is 23.9 Å². The van der Waals surface area contributed by atoms with Crippen LogP contribution in [0.5, 0.6) is 0 Å². The zero-order chi connectivity index (χ0) is 8.55. The van der Waals surface area contributed by atoms with E-state index >= 15 is 0 Å². The average molecular weight is 163 g/mol. The summed E-state index contributed by atoms with van der Waals surface area (Å²) in [5.74, 6) is 0. The first kappa shape index (κ1) is 7.12. The predicted molar refractivity (Wildman–Crippen MR) is 46.3 cm³/mol. The smallest absolute Gasteiger partial charge is 0.167 e. The van der Waals surface area contributed by atoms with E-state index in [-0.39, 0.29) is 0 Å². The molecule has 0 bridgehead atoms. The van der Waals surface area contributed by atoms with Gasteiger partial charge in [0.25, 0.3) is 0 Å². The summed E-state index contributed by atoms with van der Waals surface area (Å²) in [4.78, 5) is 0. The van der Waals surface area contributed by atoms with E-state index in [0.29, 0.717) is 12.2 Å². The molecule has 0 fully saturated rings. The summed E-state index contributed by atoms with van der Waals surface area (Å²) in [5, 5.41) is 4.70. The van der Waals surface area contributed by atoms with Crippen LogP contribution in [0.2, 0.25) is 0 Å². The van der Waals surface area contributed by atoms with Crippen LogP contribution in [0.4, 0.5) is 5.69 Å². The van der Waals surface area contributed by atoms with Gasteiger partial charge in [-0.3, -0.25) is 0 Å². The van der Waals surface area contributed by atoms with Gasteiger partial charge < -0.3 is 16.0 Å². The van der Waals surface area contributed by atoms with Crippen LogP contribution in [0.25, 0.3) is 11.0 Å². The van der Waals surface area contributed by atoms with Crippen molar-refractivity contribution in [2.24, 2.45) is 5.73 Å². The summed E-state index contributed by atoms with van der Waals surface area (Å²) < 4.78 is 5.01. The fraction of sp³-hybridized carbons (Fsp3) is 0.125. The van der Waals surface area contributed by atoms with Crippen LogP contribution in [0.1, 0.15) is 5.69 Å². The number of nitrogen functional groups attached to an aromatic ring is 1. The van der Waals surface area contributed by atoms with Gasteiger partial charge in [0.2, 0.25) is 0 Å². The maximum atomic E-state index is 5.60. The molecule has 0 amide bonds. The molecule has 2 aromatic rings. The fourth-order valence-electron chi connectivity index (χ4n) is 1.15. The van der Waals surface area contributed by atoms with Gasteiger partial charge in [0.05, 0.1) is 0 Å². The molecule has 1 aromatic carbocycles. The van der Waals surface area contributed by atoms with Gasteiger partial charge in [-0.1, -0.05) is 5.16 Å². The lowest BCUT2D eigenvalue weighted by atomic mass is 10.2. The van der Waals surface area contributed by atoms with Gasteiger partial charge in [-0.15, -0.1) is 0 Å². The quantitative estimate of drug-likeness (QED) is 0.611. The molecule has 0 aliphatic carbocycles. The zero-order valence-corrected chi connectivity index (χ0v) is 6.45. The van der Waals surface area contributed by atoms with Gasteiger partial charge in [-0.05, 0) is 18.2 Å². The third-order valence-electron chi connectivity index (χ3n) is 1.76. The lowest BCUT2D eigenvalue weighted by molar-refractivity contribution is 0.446. The van der Waals surface area contributed by atoms with Crippen molar-refractivity contribution in [1.29, 1.82) is 0 Å². The Morgan fingerprint density at radius 2 is 2.25 bits per heavy atom. The van der Waals surface area contributed by atoms with Crippen LogP contribution >= 0.6 is 0 Å². The van der Waals surface area contributed by atoms with Crippen molar-refractivity contribution < 1.29 is 4.52 Å². The molecule has 0 aliphatic rings. The van der Waals surface area contributed by atoms with Gasteiger partial charge in [0.1, 0.15) is 5.69 Å². The molecule has 4 N–H and O–H groups in total. The number of nitrogens with zero attached hydrogens (tertiary/aromatic N) is 1. The number of anilines is 1. The normalized spacial score (nSPS) is 10.8. The van der Waals surface area contributed by atoms with E-state index in [1.54, 1.807) is 12.1 Å². The molecule has 0 aliphatic heterocycles. The molecule has 1 heterocycles. The summed E-state index contributed by atoms with van der Waals surface area (Å²) in [6.45, 7) is 0.371. The second-order valence-electron chi connectivity index (χ2n) is 2.59. The monoisotopic (exact) mass is 163 g/mol. The maximum Gasteiger partial charge on any atom is 0.167 e. The number of hydrogen-bond donors (Lipinski definition) is 2. The number of nitrogens with two attached hydrogens (primary N) is 2. The molecule has 2 rings (SSSR count). The Bertz CT molecular complexity index is 408. The second kappa shape index (κ2) is 2.49. The lowest BCUT2D eigenvalue weighted by Gasteiger charge is -1.91. The second-order valence-corrected chi connectivity index (χ2v) is 2.59.